The van der Waals surface area contributed by atoms with Crippen LogP contribution in [0.4, 0.5) is 11.4 Å². The van der Waals surface area contributed by atoms with E-state index in [9.17, 15) is 24.8 Å². The lowest BCUT2D eigenvalue weighted by molar-refractivity contribution is -0.384. The fraction of sp³-hybridized carbons (Fsp3) is 0. The monoisotopic (exact) mass is 486 g/mol. The summed E-state index contributed by atoms with van der Waals surface area (Å²) < 4.78 is 5.98. The summed E-state index contributed by atoms with van der Waals surface area (Å²) in [7, 11) is 0. The molecule has 0 aliphatic carbocycles. The van der Waals surface area contributed by atoms with Crippen molar-refractivity contribution in [2.75, 3.05) is 4.90 Å². The number of carboxylic acids is 1. The highest BCUT2D eigenvalue weighted by molar-refractivity contribution is 8.27. The van der Waals surface area contributed by atoms with Gasteiger partial charge in [0.05, 0.1) is 26.1 Å². The molecular formula is C21H11ClN2O6S2. The Bertz CT molecular complexity index is 1330. The number of carbonyl (C=O) groups is 2. The van der Waals surface area contributed by atoms with E-state index in [1.807, 2.05) is 0 Å². The highest BCUT2D eigenvalue weighted by Gasteiger charge is 2.34. The normalized spacial score (nSPS) is 14.9. The molecule has 0 saturated carbocycles. The molecule has 2 aromatic carbocycles. The van der Waals surface area contributed by atoms with Crippen LogP contribution >= 0.6 is 35.6 Å². The van der Waals surface area contributed by atoms with Crippen molar-refractivity contribution >= 4 is 69.2 Å². The summed E-state index contributed by atoms with van der Waals surface area (Å²) in [6.07, 6.45) is 1.50. The first kappa shape index (κ1) is 21.8. The molecule has 1 amide bonds. The lowest BCUT2D eigenvalue weighted by Gasteiger charge is -2.13. The average Bonchev–Trinajstić information content (AvgIpc) is 3.32. The molecule has 1 saturated heterocycles. The molecule has 0 unspecified atom stereocenters. The van der Waals surface area contributed by atoms with Gasteiger partial charge in [-0.15, -0.1) is 0 Å². The van der Waals surface area contributed by atoms with Crippen molar-refractivity contribution in [1.82, 2.24) is 0 Å². The van der Waals surface area contributed by atoms with Crippen molar-refractivity contribution in [3.8, 4) is 11.3 Å². The topological polar surface area (TPSA) is 114 Å². The Morgan fingerprint density at radius 2 is 2.00 bits per heavy atom. The van der Waals surface area contributed by atoms with Gasteiger partial charge < -0.3 is 9.52 Å². The number of amides is 1. The number of rotatable bonds is 5. The Morgan fingerprint density at radius 3 is 2.72 bits per heavy atom. The van der Waals surface area contributed by atoms with Crippen molar-refractivity contribution < 1.29 is 24.0 Å². The fourth-order valence-electron chi connectivity index (χ4n) is 2.99. The maximum absolute atomic E-state index is 12.9. The summed E-state index contributed by atoms with van der Waals surface area (Å²) in [5.74, 6) is -0.876. The van der Waals surface area contributed by atoms with Gasteiger partial charge >= 0.3 is 5.97 Å². The van der Waals surface area contributed by atoms with E-state index in [0.29, 0.717) is 27.8 Å². The SMILES string of the molecule is O=C(O)c1ccc(Cl)c(-c2ccc(/C=C3/SC(=S)N(c4cccc([N+](=O)[O-])c4)C3=O)o2)c1. The van der Waals surface area contributed by atoms with Gasteiger partial charge in [-0.05, 0) is 36.4 Å². The number of anilines is 1. The van der Waals surface area contributed by atoms with E-state index in [1.165, 1.54) is 47.4 Å². The highest BCUT2D eigenvalue weighted by atomic mass is 35.5. The number of nitro groups is 1. The summed E-state index contributed by atoms with van der Waals surface area (Å²) >= 11 is 12.5. The van der Waals surface area contributed by atoms with Crippen LogP contribution in [0.15, 0.2) is 63.9 Å². The quantitative estimate of drug-likeness (QED) is 0.214. The molecule has 32 heavy (non-hydrogen) atoms. The summed E-state index contributed by atoms with van der Waals surface area (Å²) in [4.78, 5) is 36.1. The van der Waals surface area contributed by atoms with Crippen LogP contribution in [0.25, 0.3) is 17.4 Å². The summed E-state index contributed by atoms with van der Waals surface area (Å²) in [6.45, 7) is 0. The lowest BCUT2D eigenvalue weighted by Crippen LogP contribution is -2.27. The number of furan rings is 1. The number of nitro benzene ring substituents is 1. The van der Waals surface area contributed by atoms with Crippen LogP contribution in [0.5, 0.6) is 0 Å². The predicted octanol–water partition coefficient (Wildman–Crippen LogP) is 5.61. The van der Waals surface area contributed by atoms with E-state index in [1.54, 1.807) is 18.2 Å². The molecule has 0 spiro atoms. The number of hydrogen-bond acceptors (Lipinski definition) is 7. The number of carbonyl (C=O) groups excluding carboxylic acids is 1. The first-order valence-electron chi connectivity index (χ1n) is 8.90. The fourth-order valence-corrected chi connectivity index (χ4v) is 4.48. The van der Waals surface area contributed by atoms with Crippen LogP contribution in [0.2, 0.25) is 5.02 Å². The molecule has 4 rings (SSSR count). The van der Waals surface area contributed by atoms with Crippen LogP contribution < -0.4 is 4.90 Å². The molecule has 1 aromatic heterocycles. The number of aromatic carboxylic acids is 1. The predicted molar refractivity (Wildman–Crippen MR) is 125 cm³/mol. The second kappa shape index (κ2) is 8.58. The van der Waals surface area contributed by atoms with Gasteiger partial charge in [0.1, 0.15) is 11.5 Å². The average molecular weight is 487 g/mol. The molecule has 1 aliphatic rings. The van der Waals surface area contributed by atoms with E-state index in [-0.39, 0.29) is 20.5 Å². The third-order valence-corrected chi connectivity index (χ3v) is 6.10. The van der Waals surface area contributed by atoms with Crippen molar-refractivity contribution in [1.29, 1.82) is 0 Å². The molecule has 160 valence electrons. The first-order valence-corrected chi connectivity index (χ1v) is 10.5. The van der Waals surface area contributed by atoms with E-state index in [0.717, 1.165) is 11.8 Å². The van der Waals surface area contributed by atoms with E-state index < -0.39 is 16.8 Å². The number of non-ortho nitro benzene ring substituents is 1. The zero-order chi connectivity index (χ0) is 23.0. The minimum Gasteiger partial charge on any atom is -0.478 e. The summed E-state index contributed by atoms with van der Waals surface area (Å²) in [6, 6.07) is 13.1. The molecule has 3 aromatic rings. The number of nitrogens with zero attached hydrogens (tertiary/aromatic N) is 2. The number of hydrogen-bond donors (Lipinski definition) is 1. The van der Waals surface area contributed by atoms with Crippen molar-refractivity contribution in [3.05, 3.63) is 86.0 Å². The van der Waals surface area contributed by atoms with Gasteiger partial charge in [-0.2, -0.15) is 0 Å². The van der Waals surface area contributed by atoms with Crippen LogP contribution in [-0.4, -0.2) is 26.2 Å². The zero-order valence-electron chi connectivity index (χ0n) is 15.9. The lowest BCUT2D eigenvalue weighted by atomic mass is 10.1. The third kappa shape index (κ3) is 4.15. The first-order chi connectivity index (χ1) is 15.2. The molecule has 0 atom stereocenters. The zero-order valence-corrected chi connectivity index (χ0v) is 18.2. The minimum atomic E-state index is -1.10. The minimum absolute atomic E-state index is 0.0557. The van der Waals surface area contributed by atoms with Gasteiger partial charge in [-0.3, -0.25) is 19.8 Å². The van der Waals surface area contributed by atoms with Crippen molar-refractivity contribution in [2.24, 2.45) is 0 Å². The van der Waals surface area contributed by atoms with Crippen molar-refractivity contribution in [2.45, 2.75) is 0 Å². The van der Waals surface area contributed by atoms with Crippen LogP contribution in [-0.2, 0) is 4.79 Å². The summed E-state index contributed by atoms with van der Waals surface area (Å²) in [5, 5.41) is 20.5. The number of carboxylic acid groups (broad SMARTS) is 1. The summed E-state index contributed by atoms with van der Waals surface area (Å²) in [5.41, 5.74) is 0.592. The number of thiocarbonyl (C=S) groups is 1. The molecule has 0 bridgehead atoms. The van der Waals surface area contributed by atoms with Gasteiger partial charge in [0.25, 0.3) is 11.6 Å². The van der Waals surface area contributed by atoms with Crippen LogP contribution in [0.3, 0.4) is 0 Å². The number of thioether (sulfide) groups is 1. The van der Waals surface area contributed by atoms with Gasteiger partial charge in [0.2, 0.25) is 0 Å². The molecule has 0 radical (unpaired) electrons. The molecule has 1 N–H and O–H groups in total. The maximum atomic E-state index is 12.9. The molecule has 1 fully saturated rings. The standard InChI is InChI=1S/C21H11ClN2O6S2/c22-16-6-4-11(20(26)27)8-15(16)17-7-5-14(30-17)10-18-19(25)23(21(31)32-18)12-2-1-3-13(9-12)24(28)29/h1-10H,(H,26,27)/b18-10+. The second-order valence-electron chi connectivity index (χ2n) is 6.50. The number of halogens is 1. The molecule has 2 heterocycles. The van der Waals surface area contributed by atoms with Gasteiger partial charge in [0.15, 0.2) is 4.32 Å². The number of benzene rings is 2. The Balaban J connectivity index is 1.63. The van der Waals surface area contributed by atoms with Crippen molar-refractivity contribution in [3.63, 3.8) is 0 Å². The largest absolute Gasteiger partial charge is 0.478 e. The van der Waals surface area contributed by atoms with E-state index >= 15 is 0 Å². The van der Waals surface area contributed by atoms with Gasteiger partial charge in [-0.1, -0.05) is 41.6 Å². The maximum Gasteiger partial charge on any atom is 0.335 e. The van der Waals surface area contributed by atoms with Crippen LogP contribution in [0.1, 0.15) is 16.1 Å². The Kier molecular flexibility index (Phi) is 5.83. The van der Waals surface area contributed by atoms with E-state index in [4.69, 9.17) is 28.2 Å². The molecule has 11 heteroatoms. The van der Waals surface area contributed by atoms with E-state index in [2.05, 4.69) is 0 Å². The molecule has 1 aliphatic heterocycles. The van der Waals surface area contributed by atoms with Gasteiger partial charge in [-0.25, -0.2) is 4.79 Å². The highest BCUT2D eigenvalue weighted by Crippen LogP contribution is 2.38. The second-order valence-corrected chi connectivity index (χ2v) is 8.58. The molecular weight excluding hydrogens is 476 g/mol. The molecule has 8 nitrogen and oxygen atoms in total. The van der Waals surface area contributed by atoms with Crippen LogP contribution in [0, 0.1) is 10.1 Å². The third-order valence-electron chi connectivity index (χ3n) is 4.47. The Hall–Kier alpha value is -3.47. The smallest absolute Gasteiger partial charge is 0.335 e. The Morgan fingerprint density at radius 1 is 1.22 bits per heavy atom. The Labute approximate surface area is 195 Å². The van der Waals surface area contributed by atoms with Gasteiger partial charge in [0, 0.05) is 23.8 Å².